The number of hydrogen-bond donors (Lipinski definition) is 1. The Morgan fingerprint density at radius 2 is 2.05 bits per heavy atom. The highest BCUT2D eigenvalue weighted by Crippen LogP contribution is 2.19. The largest absolute Gasteiger partial charge is 0.327 e. The number of pyridine rings is 1. The minimum absolute atomic E-state index is 0.150. The molecule has 19 heavy (non-hydrogen) atoms. The molecule has 1 atom stereocenters. The van der Waals surface area contributed by atoms with Crippen LogP contribution in [0.25, 0.3) is 11.4 Å². The van der Waals surface area contributed by atoms with Gasteiger partial charge in [0.25, 0.3) is 0 Å². The van der Waals surface area contributed by atoms with Gasteiger partial charge in [0, 0.05) is 41.8 Å². The van der Waals surface area contributed by atoms with Gasteiger partial charge in [0.1, 0.15) is 0 Å². The quantitative estimate of drug-likeness (QED) is 0.912. The highest BCUT2D eigenvalue weighted by atomic mass is 14.9. The summed E-state index contributed by atoms with van der Waals surface area (Å²) < 4.78 is 0. The first-order valence-electron chi connectivity index (χ1n) is 6.61. The number of rotatable bonds is 4. The first-order valence-corrected chi connectivity index (χ1v) is 6.61. The van der Waals surface area contributed by atoms with Crippen molar-refractivity contribution in [1.29, 1.82) is 0 Å². The Morgan fingerprint density at radius 1 is 1.26 bits per heavy atom. The Balaban J connectivity index is 2.39. The van der Waals surface area contributed by atoms with Crippen molar-refractivity contribution in [2.45, 2.75) is 39.7 Å². The summed E-state index contributed by atoms with van der Waals surface area (Å²) in [7, 11) is 0. The highest BCUT2D eigenvalue weighted by molar-refractivity contribution is 5.58. The summed E-state index contributed by atoms with van der Waals surface area (Å²) in [6.45, 7) is 6.11. The Morgan fingerprint density at radius 3 is 2.74 bits per heavy atom. The highest BCUT2D eigenvalue weighted by Gasteiger charge is 2.09. The molecule has 0 aliphatic carbocycles. The third kappa shape index (κ3) is 3.35. The van der Waals surface area contributed by atoms with Crippen LogP contribution in [0.1, 0.15) is 30.3 Å². The summed E-state index contributed by atoms with van der Waals surface area (Å²) in [6, 6.07) is 4.13. The van der Waals surface area contributed by atoms with Crippen molar-refractivity contribution in [2.75, 3.05) is 0 Å². The van der Waals surface area contributed by atoms with Crippen molar-refractivity contribution in [3.8, 4) is 11.4 Å². The van der Waals surface area contributed by atoms with Crippen LogP contribution in [0.4, 0.5) is 0 Å². The number of hydrogen-bond acceptors (Lipinski definition) is 4. The van der Waals surface area contributed by atoms with Gasteiger partial charge < -0.3 is 5.73 Å². The second-order valence-electron chi connectivity index (χ2n) is 4.89. The van der Waals surface area contributed by atoms with E-state index in [2.05, 4.69) is 21.9 Å². The molecule has 0 aliphatic heterocycles. The van der Waals surface area contributed by atoms with Gasteiger partial charge in [-0.25, -0.2) is 9.97 Å². The average molecular weight is 256 g/mol. The molecule has 0 saturated heterocycles. The lowest BCUT2D eigenvalue weighted by molar-refractivity contribution is 0.635. The molecule has 2 heterocycles. The molecule has 0 spiro atoms. The lowest BCUT2D eigenvalue weighted by Gasteiger charge is -2.11. The number of nitrogens with zero attached hydrogens (tertiary/aromatic N) is 3. The van der Waals surface area contributed by atoms with Crippen LogP contribution in [-0.2, 0) is 6.42 Å². The normalized spacial score (nSPS) is 12.4. The van der Waals surface area contributed by atoms with Crippen LogP contribution in [0.2, 0.25) is 0 Å². The van der Waals surface area contributed by atoms with Crippen molar-refractivity contribution in [2.24, 2.45) is 5.73 Å². The van der Waals surface area contributed by atoms with E-state index < -0.39 is 0 Å². The van der Waals surface area contributed by atoms with E-state index in [1.54, 1.807) is 6.20 Å². The van der Waals surface area contributed by atoms with E-state index in [4.69, 9.17) is 5.73 Å². The summed E-state index contributed by atoms with van der Waals surface area (Å²) >= 11 is 0. The monoisotopic (exact) mass is 256 g/mol. The van der Waals surface area contributed by atoms with Crippen molar-refractivity contribution >= 4 is 0 Å². The average Bonchev–Trinajstić information content (AvgIpc) is 2.38. The maximum Gasteiger partial charge on any atom is 0.161 e. The fraction of sp³-hybridized carbons (Fsp3) is 0.400. The minimum atomic E-state index is 0.150. The van der Waals surface area contributed by atoms with E-state index >= 15 is 0 Å². The van der Waals surface area contributed by atoms with Crippen LogP contribution in [0, 0.1) is 13.8 Å². The van der Waals surface area contributed by atoms with Crippen molar-refractivity contribution in [1.82, 2.24) is 15.0 Å². The van der Waals surface area contributed by atoms with E-state index in [-0.39, 0.29) is 6.04 Å². The van der Waals surface area contributed by atoms with Gasteiger partial charge in [0.2, 0.25) is 0 Å². The zero-order valence-electron chi connectivity index (χ0n) is 11.7. The van der Waals surface area contributed by atoms with Gasteiger partial charge in [-0.1, -0.05) is 6.92 Å². The first kappa shape index (κ1) is 13.6. The van der Waals surface area contributed by atoms with Gasteiger partial charge >= 0.3 is 0 Å². The Labute approximate surface area is 114 Å². The second kappa shape index (κ2) is 5.89. The zero-order chi connectivity index (χ0) is 13.8. The predicted octanol–water partition coefficient (Wildman–Crippen LogP) is 2.44. The lowest BCUT2D eigenvalue weighted by Crippen LogP contribution is -2.22. The molecule has 0 amide bonds. The van der Waals surface area contributed by atoms with Gasteiger partial charge in [-0.05, 0) is 38.0 Å². The fourth-order valence-electron chi connectivity index (χ4n) is 1.97. The molecule has 4 nitrogen and oxygen atoms in total. The van der Waals surface area contributed by atoms with Crippen LogP contribution in [0.5, 0.6) is 0 Å². The standard InChI is InChI=1S/C15H20N4/c1-4-12(16)8-13-7-11(3)18-15(19-13)14-9-17-6-5-10(14)2/h5-7,9,12H,4,8,16H2,1-3H3. The molecule has 0 aromatic carbocycles. The molecular formula is C15H20N4. The molecule has 2 rings (SSSR count). The summed E-state index contributed by atoms with van der Waals surface area (Å²) in [6.07, 6.45) is 5.33. The molecule has 2 aromatic heterocycles. The molecular weight excluding hydrogens is 236 g/mol. The summed E-state index contributed by atoms with van der Waals surface area (Å²) in [5.41, 5.74) is 10.1. The third-order valence-corrected chi connectivity index (χ3v) is 3.18. The molecule has 0 bridgehead atoms. The van der Waals surface area contributed by atoms with Crippen LogP contribution >= 0.6 is 0 Å². The van der Waals surface area contributed by atoms with E-state index in [1.165, 1.54) is 0 Å². The van der Waals surface area contributed by atoms with Crippen molar-refractivity contribution < 1.29 is 0 Å². The van der Waals surface area contributed by atoms with Gasteiger partial charge in [0.05, 0.1) is 0 Å². The number of aryl methyl sites for hydroxylation is 2. The molecule has 100 valence electrons. The molecule has 1 unspecified atom stereocenters. The van der Waals surface area contributed by atoms with Gasteiger partial charge in [-0.2, -0.15) is 0 Å². The smallest absolute Gasteiger partial charge is 0.161 e. The summed E-state index contributed by atoms with van der Waals surface area (Å²) in [5, 5.41) is 0. The number of nitrogens with two attached hydrogens (primary N) is 1. The molecule has 0 radical (unpaired) electrons. The van der Waals surface area contributed by atoms with Crippen LogP contribution in [-0.4, -0.2) is 21.0 Å². The lowest BCUT2D eigenvalue weighted by atomic mass is 10.1. The van der Waals surface area contributed by atoms with E-state index in [9.17, 15) is 0 Å². The maximum atomic E-state index is 6.00. The Kier molecular flexibility index (Phi) is 4.22. The molecule has 2 N–H and O–H groups in total. The van der Waals surface area contributed by atoms with Gasteiger partial charge in [0.15, 0.2) is 5.82 Å². The minimum Gasteiger partial charge on any atom is -0.327 e. The van der Waals surface area contributed by atoms with E-state index in [1.807, 2.05) is 32.2 Å². The van der Waals surface area contributed by atoms with Crippen molar-refractivity contribution in [3.63, 3.8) is 0 Å². The molecule has 4 heteroatoms. The maximum absolute atomic E-state index is 6.00. The fourth-order valence-corrected chi connectivity index (χ4v) is 1.97. The van der Waals surface area contributed by atoms with E-state index in [0.717, 1.165) is 41.2 Å². The SMILES string of the molecule is CCC(N)Cc1cc(C)nc(-c2cnccc2C)n1. The molecule has 0 saturated carbocycles. The molecule has 2 aromatic rings. The van der Waals surface area contributed by atoms with Crippen molar-refractivity contribution in [3.05, 3.63) is 41.5 Å². The van der Waals surface area contributed by atoms with Gasteiger partial charge in [-0.15, -0.1) is 0 Å². The third-order valence-electron chi connectivity index (χ3n) is 3.18. The zero-order valence-corrected chi connectivity index (χ0v) is 11.7. The molecule has 0 fully saturated rings. The van der Waals surface area contributed by atoms with Gasteiger partial charge in [-0.3, -0.25) is 4.98 Å². The Hall–Kier alpha value is -1.81. The van der Waals surface area contributed by atoms with Crippen LogP contribution in [0.15, 0.2) is 24.5 Å². The number of aromatic nitrogens is 3. The van der Waals surface area contributed by atoms with Crippen LogP contribution in [0.3, 0.4) is 0 Å². The predicted molar refractivity (Wildman–Crippen MR) is 76.7 cm³/mol. The summed E-state index contributed by atoms with van der Waals surface area (Å²) in [4.78, 5) is 13.3. The topological polar surface area (TPSA) is 64.7 Å². The van der Waals surface area contributed by atoms with Crippen LogP contribution < -0.4 is 5.73 Å². The van der Waals surface area contributed by atoms with E-state index in [0.29, 0.717) is 0 Å². The first-order chi connectivity index (χ1) is 9.10. The molecule has 0 aliphatic rings. The summed E-state index contributed by atoms with van der Waals surface area (Å²) in [5.74, 6) is 0.740. The Bertz CT molecular complexity index is 566. The second-order valence-corrected chi connectivity index (χ2v) is 4.89.